The number of halogens is 1. The molecule has 5 heteroatoms. The minimum Gasteiger partial charge on any atom is -0.493 e. The zero-order chi connectivity index (χ0) is 13.8. The number of carbonyl (C=O) groups excluding carboxylic acids is 1. The number of benzene rings is 1. The van der Waals surface area contributed by atoms with Crippen LogP contribution in [0.2, 0.25) is 0 Å². The summed E-state index contributed by atoms with van der Waals surface area (Å²) in [5, 5.41) is 2.85. The topological polar surface area (TPSA) is 47.6 Å². The molecular formula is C14H18BrNO3. The van der Waals surface area contributed by atoms with E-state index in [1.807, 2.05) is 0 Å². The molecule has 0 radical (unpaired) electrons. The number of ether oxygens (including phenoxy) is 2. The van der Waals surface area contributed by atoms with E-state index in [1.165, 1.54) is 12.8 Å². The van der Waals surface area contributed by atoms with Gasteiger partial charge in [0, 0.05) is 5.56 Å². The lowest BCUT2D eigenvalue weighted by Gasteiger charge is -2.14. The summed E-state index contributed by atoms with van der Waals surface area (Å²) in [6, 6.07) is 3.51. The standard InChI is InChI=1S/C14H18BrNO3/c1-16-7-12(17)10-5-11(15)14(13(6-10)18-2)19-8-9-3-4-9/h5-6,9,16H,3-4,7-8H2,1-2H3. The van der Waals surface area contributed by atoms with Crippen molar-refractivity contribution in [2.24, 2.45) is 5.92 Å². The van der Waals surface area contributed by atoms with Crippen molar-refractivity contribution < 1.29 is 14.3 Å². The number of methoxy groups -OCH3 is 1. The fourth-order valence-electron chi connectivity index (χ4n) is 1.77. The first-order valence-electron chi connectivity index (χ1n) is 6.33. The lowest BCUT2D eigenvalue weighted by Crippen LogP contribution is -2.18. The lowest BCUT2D eigenvalue weighted by atomic mass is 10.1. The van der Waals surface area contributed by atoms with Gasteiger partial charge in [0.2, 0.25) is 0 Å². The fraction of sp³-hybridized carbons (Fsp3) is 0.500. The predicted molar refractivity (Wildman–Crippen MR) is 77.2 cm³/mol. The van der Waals surface area contributed by atoms with Crippen LogP contribution in [0.5, 0.6) is 11.5 Å². The molecule has 0 atom stereocenters. The molecule has 1 N–H and O–H groups in total. The third-order valence-corrected chi connectivity index (χ3v) is 3.64. The maximum absolute atomic E-state index is 11.9. The third-order valence-electron chi connectivity index (χ3n) is 3.05. The Morgan fingerprint density at radius 2 is 2.21 bits per heavy atom. The van der Waals surface area contributed by atoms with E-state index < -0.39 is 0 Å². The molecule has 1 aromatic carbocycles. The van der Waals surface area contributed by atoms with Gasteiger partial charge >= 0.3 is 0 Å². The molecule has 0 saturated heterocycles. The molecule has 2 rings (SSSR count). The number of nitrogens with one attached hydrogen (secondary N) is 1. The number of rotatable bonds is 7. The van der Waals surface area contributed by atoms with Crippen LogP contribution in [0.1, 0.15) is 23.2 Å². The van der Waals surface area contributed by atoms with Gasteiger partial charge in [0.15, 0.2) is 17.3 Å². The van der Waals surface area contributed by atoms with E-state index >= 15 is 0 Å². The largest absolute Gasteiger partial charge is 0.493 e. The monoisotopic (exact) mass is 327 g/mol. The summed E-state index contributed by atoms with van der Waals surface area (Å²) in [5.74, 6) is 1.96. The average Bonchev–Trinajstić information content (AvgIpc) is 3.20. The number of hydrogen-bond acceptors (Lipinski definition) is 4. The molecule has 0 unspecified atom stereocenters. The van der Waals surface area contributed by atoms with Gasteiger partial charge in [-0.25, -0.2) is 0 Å². The molecular weight excluding hydrogens is 310 g/mol. The van der Waals surface area contributed by atoms with Crippen molar-refractivity contribution in [1.82, 2.24) is 5.32 Å². The van der Waals surface area contributed by atoms with Gasteiger partial charge in [-0.3, -0.25) is 4.79 Å². The second-order valence-corrected chi connectivity index (χ2v) is 5.55. The second kappa shape index (κ2) is 6.39. The molecule has 1 aliphatic carbocycles. The smallest absolute Gasteiger partial charge is 0.176 e. The van der Waals surface area contributed by atoms with E-state index in [1.54, 1.807) is 26.3 Å². The van der Waals surface area contributed by atoms with Gasteiger partial charge in [-0.15, -0.1) is 0 Å². The van der Waals surface area contributed by atoms with Gasteiger partial charge < -0.3 is 14.8 Å². The summed E-state index contributed by atoms with van der Waals surface area (Å²) >= 11 is 3.45. The SMILES string of the molecule is CNCC(=O)c1cc(Br)c(OCC2CC2)c(OC)c1. The minimum atomic E-state index is 0.0234. The highest BCUT2D eigenvalue weighted by atomic mass is 79.9. The van der Waals surface area contributed by atoms with Crippen molar-refractivity contribution in [3.05, 3.63) is 22.2 Å². The predicted octanol–water partition coefficient (Wildman–Crippen LogP) is 2.65. The molecule has 0 spiro atoms. The molecule has 19 heavy (non-hydrogen) atoms. The molecule has 0 amide bonds. The van der Waals surface area contributed by atoms with Crippen LogP contribution in [0.3, 0.4) is 0 Å². The highest BCUT2D eigenvalue weighted by molar-refractivity contribution is 9.10. The molecule has 4 nitrogen and oxygen atoms in total. The third kappa shape index (κ3) is 3.70. The highest BCUT2D eigenvalue weighted by Crippen LogP contribution is 2.38. The first kappa shape index (κ1) is 14.3. The molecule has 0 heterocycles. The van der Waals surface area contributed by atoms with Gasteiger partial charge in [0.1, 0.15) is 0 Å². The van der Waals surface area contributed by atoms with Gasteiger partial charge in [-0.2, -0.15) is 0 Å². The normalized spacial score (nSPS) is 14.3. The zero-order valence-electron chi connectivity index (χ0n) is 11.2. The van der Waals surface area contributed by atoms with Crippen LogP contribution in [0, 0.1) is 5.92 Å². The Morgan fingerprint density at radius 1 is 1.47 bits per heavy atom. The number of likely N-dealkylation sites (N-methyl/N-ethyl adjacent to an activating group) is 1. The number of hydrogen-bond donors (Lipinski definition) is 1. The van der Waals surface area contributed by atoms with Crippen LogP contribution in [0.15, 0.2) is 16.6 Å². The fourth-order valence-corrected chi connectivity index (χ4v) is 2.33. The maximum atomic E-state index is 11.9. The van der Waals surface area contributed by atoms with E-state index in [4.69, 9.17) is 9.47 Å². The molecule has 1 aliphatic rings. The number of Topliss-reactive ketones (excluding diaryl/α,β-unsaturated/α-hetero) is 1. The van der Waals surface area contributed by atoms with Crippen LogP contribution in [0.25, 0.3) is 0 Å². The summed E-state index contributed by atoms with van der Waals surface area (Å²) in [6.07, 6.45) is 2.47. The van der Waals surface area contributed by atoms with E-state index in [2.05, 4.69) is 21.2 Å². The first-order valence-corrected chi connectivity index (χ1v) is 7.13. The summed E-state index contributed by atoms with van der Waals surface area (Å²) in [6.45, 7) is 1.01. The summed E-state index contributed by atoms with van der Waals surface area (Å²) in [5.41, 5.74) is 0.608. The van der Waals surface area contributed by atoms with Crippen molar-refractivity contribution in [2.75, 3.05) is 27.3 Å². The van der Waals surface area contributed by atoms with Crippen molar-refractivity contribution in [1.29, 1.82) is 0 Å². The van der Waals surface area contributed by atoms with Crippen LogP contribution >= 0.6 is 15.9 Å². The Balaban J connectivity index is 2.20. The average molecular weight is 328 g/mol. The lowest BCUT2D eigenvalue weighted by molar-refractivity contribution is 0.0993. The Kier molecular flexibility index (Phi) is 4.82. The van der Waals surface area contributed by atoms with Crippen molar-refractivity contribution >= 4 is 21.7 Å². The molecule has 1 fully saturated rings. The molecule has 1 aromatic rings. The molecule has 0 aliphatic heterocycles. The second-order valence-electron chi connectivity index (χ2n) is 4.70. The summed E-state index contributed by atoms with van der Waals surface area (Å²) in [7, 11) is 3.33. The van der Waals surface area contributed by atoms with E-state index in [0.29, 0.717) is 36.1 Å². The highest BCUT2D eigenvalue weighted by Gasteiger charge is 2.23. The molecule has 104 valence electrons. The van der Waals surface area contributed by atoms with Crippen molar-refractivity contribution in [3.8, 4) is 11.5 Å². The summed E-state index contributed by atoms with van der Waals surface area (Å²) in [4.78, 5) is 11.9. The van der Waals surface area contributed by atoms with Crippen LogP contribution in [-0.4, -0.2) is 33.1 Å². The number of ketones is 1. The maximum Gasteiger partial charge on any atom is 0.176 e. The van der Waals surface area contributed by atoms with Crippen molar-refractivity contribution in [3.63, 3.8) is 0 Å². The van der Waals surface area contributed by atoms with E-state index in [0.717, 1.165) is 4.47 Å². The molecule has 0 bridgehead atoms. The van der Waals surface area contributed by atoms with E-state index in [9.17, 15) is 4.79 Å². The van der Waals surface area contributed by atoms with Gasteiger partial charge in [0.05, 0.1) is 24.7 Å². The Bertz CT molecular complexity index is 472. The Hall–Kier alpha value is -1.07. The quantitative estimate of drug-likeness (QED) is 0.782. The van der Waals surface area contributed by atoms with Gasteiger partial charge in [0.25, 0.3) is 0 Å². The molecule has 0 aromatic heterocycles. The Morgan fingerprint density at radius 3 is 2.79 bits per heavy atom. The zero-order valence-corrected chi connectivity index (χ0v) is 12.7. The van der Waals surface area contributed by atoms with Crippen LogP contribution in [-0.2, 0) is 0 Å². The van der Waals surface area contributed by atoms with Crippen molar-refractivity contribution in [2.45, 2.75) is 12.8 Å². The Labute approximate surface area is 121 Å². The van der Waals surface area contributed by atoms with Gasteiger partial charge in [-0.1, -0.05) is 0 Å². The first-order chi connectivity index (χ1) is 9.15. The summed E-state index contributed by atoms with van der Waals surface area (Å²) < 4.78 is 11.9. The molecule has 1 saturated carbocycles. The number of carbonyl (C=O) groups is 1. The van der Waals surface area contributed by atoms with Crippen LogP contribution in [0.4, 0.5) is 0 Å². The van der Waals surface area contributed by atoms with Gasteiger partial charge in [-0.05, 0) is 53.9 Å². The minimum absolute atomic E-state index is 0.0234. The van der Waals surface area contributed by atoms with E-state index in [-0.39, 0.29) is 5.78 Å². The van der Waals surface area contributed by atoms with Crippen LogP contribution < -0.4 is 14.8 Å².